The second-order valence-corrected chi connectivity index (χ2v) is 3.50. The zero-order chi connectivity index (χ0) is 13.2. The van der Waals surface area contributed by atoms with Crippen molar-refractivity contribution < 1.29 is 27.8 Å². The molecule has 0 fully saturated rings. The van der Waals surface area contributed by atoms with Crippen LogP contribution in [0.5, 0.6) is 0 Å². The fourth-order valence-corrected chi connectivity index (χ4v) is 1.38. The molecule has 0 aliphatic rings. The molecule has 0 radical (unpaired) electrons. The Morgan fingerprint density at radius 1 is 1.47 bits per heavy atom. The maximum Gasteiger partial charge on any atom is 0.506 e. The van der Waals surface area contributed by atoms with Crippen LogP contribution in [-0.2, 0) is 17.5 Å². The number of ether oxygens (including phenoxy) is 1. The lowest BCUT2D eigenvalue weighted by Gasteiger charge is -2.13. The fourth-order valence-electron chi connectivity index (χ4n) is 1.14. The number of hydrogen-bond donors (Lipinski definition) is 2. The van der Waals surface area contributed by atoms with Gasteiger partial charge in [-0.3, -0.25) is 0 Å². The van der Waals surface area contributed by atoms with Gasteiger partial charge >= 0.3 is 12.3 Å². The summed E-state index contributed by atoms with van der Waals surface area (Å²) in [6.07, 6.45) is -6.25. The van der Waals surface area contributed by atoms with Crippen LogP contribution in [0.3, 0.4) is 0 Å². The first kappa shape index (κ1) is 13.4. The van der Waals surface area contributed by atoms with Crippen molar-refractivity contribution >= 4 is 23.4 Å². The zero-order valence-corrected chi connectivity index (χ0v) is 8.97. The van der Waals surface area contributed by atoms with E-state index in [9.17, 15) is 18.0 Å². The molecule has 0 unspecified atom stereocenters. The summed E-state index contributed by atoms with van der Waals surface area (Å²) >= 11 is 5.51. The number of carboxylic acid groups (broad SMARTS) is 1. The molecule has 0 atom stereocenters. The van der Waals surface area contributed by atoms with E-state index in [4.69, 9.17) is 22.4 Å². The third-order valence-corrected chi connectivity index (χ3v) is 2.17. The Kier molecular flexibility index (Phi) is 3.72. The lowest BCUT2D eigenvalue weighted by Crippen LogP contribution is -2.11. The lowest BCUT2D eigenvalue weighted by atomic mass is 10.1. The van der Waals surface area contributed by atoms with Gasteiger partial charge in [0.25, 0.3) is 0 Å². The second-order valence-electron chi connectivity index (χ2n) is 3.09. The molecule has 0 heterocycles. The van der Waals surface area contributed by atoms with Crippen LogP contribution in [-0.4, -0.2) is 11.3 Å². The van der Waals surface area contributed by atoms with Crippen molar-refractivity contribution in [1.29, 1.82) is 0 Å². The monoisotopic (exact) mass is 269 g/mol. The molecule has 0 aliphatic carbocycles. The summed E-state index contributed by atoms with van der Waals surface area (Å²) in [5, 5.41) is 7.92. The van der Waals surface area contributed by atoms with E-state index in [1.165, 1.54) is 0 Å². The van der Waals surface area contributed by atoms with E-state index in [0.29, 0.717) is 6.07 Å². The number of halogens is 4. The summed E-state index contributed by atoms with van der Waals surface area (Å²) in [6.45, 7) is -0.529. The molecule has 0 bridgehead atoms. The van der Waals surface area contributed by atoms with E-state index >= 15 is 0 Å². The van der Waals surface area contributed by atoms with Gasteiger partial charge in [-0.15, -0.1) is 0 Å². The standard InChI is InChI=1S/C9H7ClF3NO3/c10-6-2-4(3-17-8(15)16)1-5(7(6)14)9(11,12)13/h1-2H,3,14H2,(H,15,16). The van der Waals surface area contributed by atoms with E-state index in [-0.39, 0.29) is 10.6 Å². The molecule has 0 aliphatic heterocycles. The molecular formula is C9H7ClF3NO3. The summed E-state index contributed by atoms with van der Waals surface area (Å²) in [7, 11) is 0. The Balaban J connectivity index is 3.11. The van der Waals surface area contributed by atoms with Gasteiger partial charge in [0.05, 0.1) is 16.3 Å². The first-order valence-electron chi connectivity index (χ1n) is 4.22. The molecule has 17 heavy (non-hydrogen) atoms. The SMILES string of the molecule is Nc1c(Cl)cc(COC(=O)O)cc1C(F)(F)F. The molecule has 1 rings (SSSR count). The van der Waals surface area contributed by atoms with Crippen molar-refractivity contribution in [3.8, 4) is 0 Å². The van der Waals surface area contributed by atoms with Crippen LogP contribution in [0.2, 0.25) is 5.02 Å². The molecular weight excluding hydrogens is 263 g/mol. The van der Waals surface area contributed by atoms with Gasteiger partial charge in [-0.2, -0.15) is 13.2 Å². The Labute approximate surface area is 98.7 Å². The van der Waals surface area contributed by atoms with Gasteiger partial charge in [-0.25, -0.2) is 4.79 Å². The topological polar surface area (TPSA) is 72.5 Å². The van der Waals surface area contributed by atoms with Crippen LogP contribution in [0.15, 0.2) is 12.1 Å². The number of rotatable bonds is 2. The summed E-state index contributed by atoms with van der Waals surface area (Å²) in [5.41, 5.74) is 3.44. The van der Waals surface area contributed by atoms with Gasteiger partial charge in [-0.05, 0) is 17.7 Å². The zero-order valence-electron chi connectivity index (χ0n) is 8.21. The van der Waals surface area contributed by atoms with E-state index in [1.807, 2.05) is 0 Å². The molecule has 3 N–H and O–H groups in total. The number of hydrogen-bond acceptors (Lipinski definition) is 3. The van der Waals surface area contributed by atoms with Crippen molar-refractivity contribution in [2.45, 2.75) is 12.8 Å². The molecule has 0 aromatic heterocycles. The smallest absolute Gasteiger partial charge is 0.450 e. The van der Waals surface area contributed by atoms with E-state index < -0.39 is 30.2 Å². The van der Waals surface area contributed by atoms with Gasteiger partial charge in [0.15, 0.2) is 0 Å². The third kappa shape index (κ3) is 3.42. The Morgan fingerprint density at radius 3 is 2.53 bits per heavy atom. The predicted octanol–water partition coefficient (Wildman–Crippen LogP) is 3.14. The number of nitrogens with two attached hydrogens (primary N) is 1. The van der Waals surface area contributed by atoms with Crippen LogP contribution in [0.4, 0.5) is 23.7 Å². The number of benzene rings is 1. The summed E-state index contributed by atoms with van der Waals surface area (Å²) in [6, 6.07) is 1.82. The Hall–Kier alpha value is -1.63. The molecule has 4 nitrogen and oxygen atoms in total. The molecule has 1 aromatic carbocycles. The molecule has 0 amide bonds. The molecule has 0 saturated carbocycles. The van der Waals surface area contributed by atoms with Crippen molar-refractivity contribution in [1.82, 2.24) is 0 Å². The molecule has 8 heteroatoms. The van der Waals surface area contributed by atoms with Gasteiger partial charge in [0, 0.05) is 0 Å². The van der Waals surface area contributed by atoms with Gasteiger partial charge < -0.3 is 15.6 Å². The number of nitrogen functional groups attached to an aromatic ring is 1. The maximum absolute atomic E-state index is 12.5. The highest BCUT2D eigenvalue weighted by molar-refractivity contribution is 6.33. The number of anilines is 1. The number of alkyl halides is 3. The van der Waals surface area contributed by atoms with Gasteiger partial charge in [0.1, 0.15) is 6.61 Å². The Bertz CT molecular complexity index is 448. The Morgan fingerprint density at radius 2 is 2.06 bits per heavy atom. The molecule has 0 spiro atoms. The first-order valence-corrected chi connectivity index (χ1v) is 4.60. The van der Waals surface area contributed by atoms with Crippen molar-refractivity contribution in [3.63, 3.8) is 0 Å². The van der Waals surface area contributed by atoms with Crippen molar-refractivity contribution in [2.24, 2.45) is 0 Å². The highest BCUT2D eigenvalue weighted by Gasteiger charge is 2.34. The van der Waals surface area contributed by atoms with Crippen LogP contribution in [0, 0.1) is 0 Å². The van der Waals surface area contributed by atoms with Crippen LogP contribution in [0.25, 0.3) is 0 Å². The summed E-state index contributed by atoms with van der Waals surface area (Å²) in [5.74, 6) is 0. The normalized spacial score (nSPS) is 11.3. The van der Waals surface area contributed by atoms with Crippen LogP contribution < -0.4 is 5.73 Å². The summed E-state index contributed by atoms with van der Waals surface area (Å²) in [4.78, 5) is 10.1. The minimum absolute atomic E-state index is 0.0288. The average Bonchev–Trinajstić information content (AvgIpc) is 2.17. The van der Waals surface area contributed by atoms with Crippen molar-refractivity contribution in [2.75, 3.05) is 5.73 Å². The van der Waals surface area contributed by atoms with Crippen LogP contribution in [0.1, 0.15) is 11.1 Å². The average molecular weight is 270 g/mol. The van der Waals surface area contributed by atoms with Gasteiger partial charge in [0.2, 0.25) is 0 Å². The highest BCUT2D eigenvalue weighted by atomic mass is 35.5. The van der Waals surface area contributed by atoms with Crippen LogP contribution >= 0.6 is 11.6 Å². The highest BCUT2D eigenvalue weighted by Crippen LogP contribution is 2.37. The summed E-state index contributed by atoms with van der Waals surface area (Å²) < 4.78 is 41.7. The molecule has 94 valence electrons. The molecule has 0 saturated heterocycles. The minimum Gasteiger partial charge on any atom is -0.450 e. The molecule has 1 aromatic rings. The lowest BCUT2D eigenvalue weighted by molar-refractivity contribution is -0.137. The van der Waals surface area contributed by atoms with E-state index in [0.717, 1.165) is 6.07 Å². The quantitative estimate of drug-likeness (QED) is 0.639. The predicted molar refractivity (Wildman–Crippen MR) is 53.7 cm³/mol. The minimum atomic E-state index is -4.66. The van der Waals surface area contributed by atoms with Crippen molar-refractivity contribution in [3.05, 3.63) is 28.3 Å². The van der Waals surface area contributed by atoms with E-state index in [2.05, 4.69) is 4.74 Å². The van der Waals surface area contributed by atoms with Gasteiger partial charge in [-0.1, -0.05) is 11.6 Å². The van der Waals surface area contributed by atoms with E-state index in [1.54, 1.807) is 0 Å². The largest absolute Gasteiger partial charge is 0.506 e. The maximum atomic E-state index is 12.5. The third-order valence-electron chi connectivity index (χ3n) is 1.86. The number of carbonyl (C=O) groups is 1. The fraction of sp³-hybridized carbons (Fsp3) is 0.222. The first-order chi connectivity index (χ1) is 7.71. The second kappa shape index (κ2) is 4.70.